The molecule has 0 spiro atoms. The van der Waals surface area contributed by atoms with Crippen molar-refractivity contribution >= 4 is 11.9 Å². The zero-order valence-corrected chi connectivity index (χ0v) is 20.8. The van der Waals surface area contributed by atoms with Crippen molar-refractivity contribution in [3.05, 3.63) is 0 Å². The minimum Gasteiger partial charge on any atom is -0.469 e. The Kier molecular flexibility index (Phi) is 6.70. The summed E-state index contributed by atoms with van der Waals surface area (Å²) < 4.78 is 10.4. The number of esters is 2. The third kappa shape index (κ3) is 4.01. The van der Waals surface area contributed by atoms with Gasteiger partial charge in [0, 0.05) is 13.3 Å². The highest BCUT2D eigenvalue weighted by Gasteiger charge is 2.63. The zero-order chi connectivity index (χ0) is 23.3. The van der Waals surface area contributed by atoms with Crippen molar-refractivity contribution in [3.63, 3.8) is 0 Å². The first kappa shape index (κ1) is 24.0. The second-order valence-electron chi connectivity index (χ2n) is 12.1. The predicted molar refractivity (Wildman–Crippen MR) is 123 cm³/mol. The van der Waals surface area contributed by atoms with Crippen LogP contribution in [-0.4, -0.2) is 36.4 Å². The van der Waals surface area contributed by atoms with Crippen LogP contribution in [0.15, 0.2) is 0 Å². The van der Waals surface area contributed by atoms with Crippen molar-refractivity contribution < 1.29 is 24.2 Å². The molecule has 0 aliphatic heterocycles. The molecule has 0 saturated heterocycles. The van der Waals surface area contributed by atoms with Crippen LogP contribution in [0.4, 0.5) is 0 Å². The molecule has 0 unspecified atom stereocenters. The second-order valence-corrected chi connectivity index (χ2v) is 12.1. The summed E-state index contributed by atoms with van der Waals surface area (Å²) in [6.07, 6.45) is 9.85. The molecule has 4 saturated carbocycles. The molecule has 0 aromatic carbocycles. The average molecular weight is 449 g/mol. The van der Waals surface area contributed by atoms with E-state index in [9.17, 15) is 14.7 Å². The van der Waals surface area contributed by atoms with E-state index in [2.05, 4.69) is 20.8 Å². The van der Waals surface area contributed by atoms with E-state index < -0.39 is 0 Å². The fourth-order valence-corrected chi connectivity index (χ4v) is 9.15. The number of aliphatic hydroxyl groups excluding tert-OH is 1. The van der Waals surface area contributed by atoms with Crippen molar-refractivity contribution in [1.82, 2.24) is 0 Å². The molecule has 0 bridgehead atoms. The molecular weight excluding hydrogens is 404 g/mol. The molecule has 182 valence electrons. The van der Waals surface area contributed by atoms with E-state index in [1.54, 1.807) is 0 Å². The molecule has 5 heteroatoms. The Labute approximate surface area is 194 Å². The summed E-state index contributed by atoms with van der Waals surface area (Å²) in [7, 11) is 1.47. The van der Waals surface area contributed by atoms with Gasteiger partial charge in [-0.1, -0.05) is 20.8 Å². The topological polar surface area (TPSA) is 72.8 Å². The number of ether oxygens (including phenoxy) is 2. The average Bonchev–Trinajstić information content (AvgIpc) is 3.09. The molecule has 0 heterocycles. The Morgan fingerprint density at radius 3 is 2.41 bits per heavy atom. The molecule has 0 amide bonds. The third-order valence-electron chi connectivity index (χ3n) is 10.8. The van der Waals surface area contributed by atoms with E-state index in [0.29, 0.717) is 41.9 Å². The standard InChI is InChI=1S/C27H44O5/c1-16(6-9-24(30)31-5)20-7-8-21-25-22(11-13-27(20,21)4)26(3)12-10-19(32-17(2)28)14-18(26)15-23(25)29/h16,18-23,25,29H,6-15H2,1-5H3/t16-,18+,19-,20-,21+,22+,23+,25+,26+,27-/m1/s1. The third-order valence-corrected chi connectivity index (χ3v) is 10.8. The molecule has 0 aromatic rings. The zero-order valence-electron chi connectivity index (χ0n) is 20.8. The van der Waals surface area contributed by atoms with Crippen LogP contribution in [0, 0.1) is 46.3 Å². The largest absolute Gasteiger partial charge is 0.469 e. The summed E-state index contributed by atoms with van der Waals surface area (Å²) >= 11 is 0. The fourth-order valence-electron chi connectivity index (χ4n) is 9.15. The number of aliphatic hydroxyl groups is 1. The monoisotopic (exact) mass is 448 g/mol. The lowest BCUT2D eigenvalue weighted by Crippen LogP contribution is -2.58. The van der Waals surface area contributed by atoms with Crippen LogP contribution in [0.3, 0.4) is 0 Å². The molecule has 0 aromatic heterocycles. The van der Waals surface area contributed by atoms with Crippen molar-refractivity contribution in [1.29, 1.82) is 0 Å². The van der Waals surface area contributed by atoms with Crippen LogP contribution in [0.25, 0.3) is 0 Å². The Balaban J connectivity index is 1.49. The van der Waals surface area contributed by atoms with Crippen molar-refractivity contribution in [2.45, 2.75) is 104 Å². The summed E-state index contributed by atoms with van der Waals surface area (Å²) in [5, 5.41) is 11.5. The first-order valence-electron chi connectivity index (χ1n) is 13.0. The van der Waals surface area contributed by atoms with Gasteiger partial charge in [-0.2, -0.15) is 0 Å². The maximum Gasteiger partial charge on any atom is 0.305 e. The highest BCUT2D eigenvalue weighted by Crippen LogP contribution is 2.68. The Hall–Kier alpha value is -1.10. The van der Waals surface area contributed by atoms with E-state index >= 15 is 0 Å². The number of hydrogen-bond acceptors (Lipinski definition) is 5. The number of rotatable bonds is 5. The number of hydrogen-bond donors (Lipinski definition) is 1. The van der Waals surface area contributed by atoms with E-state index in [4.69, 9.17) is 9.47 Å². The Morgan fingerprint density at radius 2 is 1.72 bits per heavy atom. The molecule has 5 nitrogen and oxygen atoms in total. The van der Waals surface area contributed by atoms with Crippen LogP contribution in [0.2, 0.25) is 0 Å². The minimum absolute atomic E-state index is 0.0229. The summed E-state index contributed by atoms with van der Waals surface area (Å²) in [5.74, 6) is 2.81. The summed E-state index contributed by atoms with van der Waals surface area (Å²) in [4.78, 5) is 23.2. The highest BCUT2D eigenvalue weighted by atomic mass is 16.5. The number of fused-ring (bicyclic) bond motifs is 5. The Bertz CT molecular complexity index is 721. The molecule has 4 rings (SSSR count). The summed E-state index contributed by atoms with van der Waals surface area (Å²) in [6, 6.07) is 0. The Morgan fingerprint density at radius 1 is 1.03 bits per heavy atom. The van der Waals surface area contributed by atoms with Gasteiger partial charge in [0.05, 0.1) is 13.2 Å². The van der Waals surface area contributed by atoms with Gasteiger partial charge in [0.25, 0.3) is 0 Å². The van der Waals surface area contributed by atoms with Crippen LogP contribution < -0.4 is 0 Å². The van der Waals surface area contributed by atoms with E-state index in [0.717, 1.165) is 32.1 Å². The van der Waals surface area contributed by atoms with E-state index in [1.165, 1.54) is 39.7 Å². The second kappa shape index (κ2) is 8.92. The van der Waals surface area contributed by atoms with Crippen molar-refractivity contribution in [2.75, 3.05) is 7.11 Å². The maximum absolute atomic E-state index is 11.7. The maximum atomic E-state index is 11.7. The smallest absolute Gasteiger partial charge is 0.305 e. The van der Waals surface area contributed by atoms with Gasteiger partial charge in [-0.15, -0.1) is 0 Å². The number of carbonyl (C=O) groups excluding carboxylic acids is 2. The van der Waals surface area contributed by atoms with Crippen LogP contribution in [-0.2, 0) is 19.1 Å². The van der Waals surface area contributed by atoms with Gasteiger partial charge in [0.2, 0.25) is 0 Å². The van der Waals surface area contributed by atoms with Gasteiger partial charge in [-0.05, 0) is 104 Å². The lowest BCUT2D eigenvalue weighted by molar-refractivity contribution is -0.182. The first-order chi connectivity index (χ1) is 15.1. The fraction of sp³-hybridized carbons (Fsp3) is 0.926. The molecule has 32 heavy (non-hydrogen) atoms. The van der Waals surface area contributed by atoms with Crippen molar-refractivity contribution in [2.24, 2.45) is 46.3 Å². The molecule has 1 N–H and O–H groups in total. The van der Waals surface area contributed by atoms with Gasteiger partial charge in [0.15, 0.2) is 0 Å². The van der Waals surface area contributed by atoms with Gasteiger partial charge < -0.3 is 14.6 Å². The molecule has 10 atom stereocenters. The van der Waals surface area contributed by atoms with Crippen LogP contribution in [0.1, 0.15) is 91.9 Å². The molecule has 4 fully saturated rings. The first-order valence-corrected chi connectivity index (χ1v) is 13.0. The lowest BCUT2D eigenvalue weighted by Gasteiger charge is -2.62. The van der Waals surface area contributed by atoms with E-state index in [1.807, 2.05) is 0 Å². The summed E-state index contributed by atoms with van der Waals surface area (Å²) in [6.45, 7) is 8.78. The predicted octanol–water partition coefficient (Wildman–Crippen LogP) is 5.14. The van der Waals surface area contributed by atoms with E-state index in [-0.39, 0.29) is 35.0 Å². The molecule has 4 aliphatic rings. The van der Waals surface area contributed by atoms with Crippen molar-refractivity contribution in [3.8, 4) is 0 Å². The van der Waals surface area contributed by atoms with Gasteiger partial charge >= 0.3 is 11.9 Å². The quantitative estimate of drug-likeness (QED) is 0.590. The minimum atomic E-state index is -0.247. The normalized spacial score (nSPS) is 46.4. The number of methoxy groups -OCH3 is 1. The van der Waals surface area contributed by atoms with Gasteiger partial charge in [-0.25, -0.2) is 0 Å². The SMILES string of the molecule is COC(=O)CC[C@@H](C)[C@H]1CC[C@H]2[C@@H]3[C@@H](O)C[C@@H]4C[C@H](OC(C)=O)CC[C@]4(C)[C@H]3CC[C@]12C. The molecular formula is C27H44O5. The highest BCUT2D eigenvalue weighted by molar-refractivity contribution is 5.69. The van der Waals surface area contributed by atoms with Gasteiger partial charge in [-0.3, -0.25) is 9.59 Å². The number of carbonyl (C=O) groups is 2. The molecule has 0 radical (unpaired) electrons. The van der Waals surface area contributed by atoms with Crippen LogP contribution >= 0.6 is 0 Å². The van der Waals surface area contributed by atoms with Crippen LogP contribution in [0.5, 0.6) is 0 Å². The molecule has 4 aliphatic carbocycles. The lowest BCUT2D eigenvalue weighted by atomic mass is 9.43. The summed E-state index contributed by atoms with van der Waals surface area (Å²) in [5.41, 5.74) is 0.506. The van der Waals surface area contributed by atoms with Gasteiger partial charge in [0.1, 0.15) is 6.10 Å².